The van der Waals surface area contributed by atoms with Gasteiger partial charge in [-0.05, 0) is 11.8 Å². The predicted octanol–water partition coefficient (Wildman–Crippen LogP) is -0.217. The van der Waals surface area contributed by atoms with E-state index in [2.05, 4.69) is 10.6 Å². The van der Waals surface area contributed by atoms with Gasteiger partial charge in [0.05, 0.1) is 0 Å². The van der Waals surface area contributed by atoms with Crippen LogP contribution in [0.5, 0.6) is 0 Å². The third-order valence-electron chi connectivity index (χ3n) is 1.04. The highest BCUT2D eigenvalue weighted by molar-refractivity contribution is 8.14. The summed E-state index contributed by atoms with van der Waals surface area (Å²) in [5.41, 5.74) is -0.315. The predicted molar refractivity (Wildman–Crippen MR) is 42.5 cm³/mol. The summed E-state index contributed by atoms with van der Waals surface area (Å²) in [6, 6.07) is 0. The highest BCUT2D eigenvalue weighted by Crippen LogP contribution is 2.07. The molecule has 1 aliphatic heterocycles. The molecule has 0 radical (unpaired) electrons. The second-order valence-electron chi connectivity index (χ2n) is 2.00. The van der Waals surface area contributed by atoms with Crippen molar-refractivity contribution in [3.05, 3.63) is 12.3 Å². The second-order valence-corrected chi connectivity index (χ2v) is 3.28. The zero-order chi connectivity index (χ0) is 8.27. The normalized spacial score (nSPS) is 22.3. The number of hydrogen-bond donors (Lipinski definition) is 2. The van der Waals surface area contributed by atoms with E-state index >= 15 is 0 Å². The molecule has 1 aliphatic rings. The maximum absolute atomic E-state index is 10.7. The average molecular weight is 172 g/mol. The van der Waals surface area contributed by atoms with Gasteiger partial charge in [0, 0.05) is 19.2 Å². The molecule has 60 valence electrons. The lowest BCUT2D eigenvalue weighted by molar-refractivity contribution is -0.117. The Balaban J connectivity index is 2.43. The molecule has 0 aromatic rings. The van der Waals surface area contributed by atoms with Gasteiger partial charge >= 0.3 is 0 Å². The van der Waals surface area contributed by atoms with Gasteiger partial charge in [0.25, 0.3) is 0 Å². The summed E-state index contributed by atoms with van der Waals surface area (Å²) in [4.78, 5) is 21.3. The van der Waals surface area contributed by atoms with Crippen molar-refractivity contribution in [2.45, 2.75) is 12.4 Å². The van der Waals surface area contributed by atoms with Gasteiger partial charge in [-0.3, -0.25) is 9.59 Å². The molecule has 5 heteroatoms. The molecule has 0 fully saturated rings. The van der Waals surface area contributed by atoms with E-state index in [4.69, 9.17) is 0 Å². The van der Waals surface area contributed by atoms with Crippen LogP contribution in [-0.4, -0.2) is 16.5 Å². The number of amides is 1. The molecule has 1 unspecified atom stereocenters. The summed E-state index contributed by atoms with van der Waals surface area (Å²) in [7, 11) is 0. The van der Waals surface area contributed by atoms with Gasteiger partial charge in [-0.25, -0.2) is 0 Å². The fourth-order valence-corrected chi connectivity index (χ4v) is 1.31. The van der Waals surface area contributed by atoms with Crippen molar-refractivity contribution in [3.8, 4) is 0 Å². The Labute approximate surface area is 68.4 Å². The van der Waals surface area contributed by atoms with Crippen LogP contribution in [0.3, 0.4) is 0 Å². The third kappa shape index (κ3) is 2.63. The van der Waals surface area contributed by atoms with E-state index in [0.717, 1.165) is 11.8 Å². The summed E-state index contributed by atoms with van der Waals surface area (Å²) < 4.78 is 0. The summed E-state index contributed by atoms with van der Waals surface area (Å²) in [5, 5.41) is 5.33. The molecule has 11 heavy (non-hydrogen) atoms. The summed E-state index contributed by atoms with van der Waals surface area (Å²) in [6.07, 6.45) is 2.90. The lowest BCUT2D eigenvalue weighted by Gasteiger charge is -2.18. The molecular formula is C6H8N2O2S. The first kappa shape index (κ1) is 8.13. The molecule has 1 heterocycles. The molecule has 0 aliphatic carbocycles. The quantitative estimate of drug-likeness (QED) is 0.574. The number of thioether (sulfide) groups is 1. The van der Waals surface area contributed by atoms with E-state index in [-0.39, 0.29) is 16.5 Å². The summed E-state index contributed by atoms with van der Waals surface area (Å²) in [6.45, 7) is 1.46. The fraction of sp³-hybridized carbons (Fsp3) is 0.333. The summed E-state index contributed by atoms with van der Waals surface area (Å²) in [5.74, 6) is -0.178. The number of hydrogen-bond acceptors (Lipinski definition) is 4. The van der Waals surface area contributed by atoms with Gasteiger partial charge in [-0.1, -0.05) is 0 Å². The van der Waals surface area contributed by atoms with Crippen molar-refractivity contribution in [3.63, 3.8) is 0 Å². The largest absolute Gasteiger partial charge is 0.362 e. The van der Waals surface area contributed by atoms with Crippen LogP contribution < -0.4 is 10.6 Å². The van der Waals surface area contributed by atoms with E-state index < -0.39 is 0 Å². The van der Waals surface area contributed by atoms with Gasteiger partial charge in [-0.15, -0.1) is 0 Å². The SMILES string of the molecule is CC(=O)SC1NC=CC(=O)N1. The molecule has 1 rings (SSSR count). The zero-order valence-electron chi connectivity index (χ0n) is 5.96. The highest BCUT2D eigenvalue weighted by atomic mass is 32.2. The highest BCUT2D eigenvalue weighted by Gasteiger charge is 2.14. The molecule has 1 amide bonds. The minimum atomic E-state index is -0.315. The van der Waals surface area contributed by atoms with Gasteiger partial charge < -0.3 is 10.6 Å². The Kier molecular flexibility index (Phi) is 2.53. The topological polar surface area (TPSA) is 58.2 Å². The number of nitrogens with one attached hydrogen (secondary N) is 2. The molecule has 0 aromatic heterocycles. The number of carbonyl (C=O) groups excluding carboxylic acids is 2. The number of carbonyl (C=O) groups is 2. The van der Waals surface area contributed by atoms with E-state index in [1.165, 1.54) is 19.2 Å². The van der Waals surface area contributed by atoms with Gasteiger partial charge in [0.1, 0.15) is 0 Å². The second kappa shape index (κ2) is 3.43. The summed E-state index contributed by atoms with van der Waals surface area (Å²) >= 11 is 1.05. The first-order chi connectivity index (χ1) is 5.18. The average Bonchev–Trinajstić information content (AvgIpc) is 1.85. The van der Waals surface area contributed by atoms with Crippen molar-refractivity contribution in [1.82, 2.24) is 10.6 Å². The minimum Gasteiger partial charge on any atom is -0.362 e. The van der Waals surface area contributed by atoms with Crippen molar-refractivity contribution in [2.24, 2.45) is 0 Å². The molecule has 0 bridgehead atoms. The van der Waals surface area contributed by atoms with Gasteiger partial charge in [-0.2, -0.15) is 0 Å². The third-order valence-corrected chi connectivity index (χ3v) is 1.86. The number of rotatable bonds is 1. The zero-order valence-corrected chi connectivity index (χ0v) is 6.77. The Morgan fingerprint density at radius 2 is 2.45 bits per heavy atom. The van der Waals surface area contributed by atoms with Crippen LogP contribution in [0.25, 0.3) is 0 Å². The Morgan fingerprint density at radius 1 is 1.73 bits per heavy atom. The lowest BCUT2D eigenvalue weighted by Crippen LogP contribution is -2.43. The van der Waals surface area contributed by atoms with Crippen molar-refractivity contribution < 1.29 is 9.59 Å². The first-order valence-corrected chi connectivity index (χ1v) is 3.97. The Hall–Kier alpha value is -0.970. The molecule has 0 aromatic carbocycles. The van der Waals surface area contributed by atoms with Crippen LogP contribution in [-0.2, 0) is 9.59 Å². The molecule has 4 nitrogen and oxygen atoms in total. The van der Waals surface area contributed by atoms with E-state index in [9.17, 15) is 9.59 Å². The molecular weight excluding hydrogens is 164 g/mol. The van der Waals surface area contributed by atoms with Crippen molar-refractivity contribution >= 4 is 22.8 Å². The van der Waals surface area contributed by atoms with Crippen LogP contribution in [0.1, 0.15) is 6.92 Å². The van der Waals surface area contributed by atoms with E-state index in [0.29, 0.717) is 0 Å². The molecule has 0 saturated carbocycles. The van der Waals surface area contributed by atoms with Crippen LogP contribution in [0.2, 0.25) is 0 Å². The smallest absolute Gasteiger partial charge is 0.247 e. The molecule has 0 spiro atoms. The lowest BCUT2D eigenvalue weighted by atomic mass is 10.5. The van der Waals surface area contributed by atoms with E-state index in [1.54, 1.807) is 0 Å². The monoisotopic (exact) mass is 172 g/mol. The standard InChI is InChI=1S/C6H8N2O2S/c1-4(9)11-6-7-3-2-5(10)8-6/h2-3,6-7H,1H3,(H,8,10). The van der Waals surface area contributed by atoms with Crippen LogP contribution in [0.4, 0.5) is 0 Å². The Morgan fingerprint density at radius 3 is 3.00 bits per heavy atom. The molecule has 1 atom stereocenters. The first-order valence-electron chi connectivity index (χ1n) is 3.09. The Bertz CT molecular complexity index is 215. The minimum absolute atomic E-state index is 0.0295. The van der Waals surface area contributed by atoms with Crippen LogP contribution in [0.15, 0.2) is 12.3 Å². The van der Waals surface area contributed by atoms with Crippen LogP contribution >= 0.6 is 11.8 Å². The fourth-order valence-electron chi connectivity index (χ4n) is 0.660. The van der Waals surface area contributed by atoms with Crippen molar-refractivity contribution in [1.29, 1.82) is 0 Å². The van der Waals surface area contributed by atoms with Gasteiger partial charge in [0.2, 0.25) is 5.91 Å². The molecule has 2 N–H and O–H groups in total. The maximum Gasteiger partial charge on any atom is 0.247 e. The molecule has 0 saturated heterocycles. The van der Waals surface area contributed by atoms with Gasteiger partial charge in [0.15, 0.2) is 10.6 Å². The maximum atomic E-state index is 10.7. The van der Waals surface area contributed by atoms with Crippen molar-refractivity contribution in [2.75, 3.05) is 0 Å². The van der Waals surface area contributed by atoms with Crippen LogP contribution in [0, 0.1) is 0 Å². The van der Waals surface area contributed by atoms with E-state index in [1.807, 2.05) is 0 Å².